The molecule has 28 heavy (non-hydrogen) atoms. The number of morpholine rings is 1. The topological polar surface area (TPSA) is 83.6 Å². The van der Waals surface area contributed by atoms with E-state index in [0.717, 1.165) is 18.7 Å². The lowest BCUT2D eigenvalue weighted by molar-refractivity contribution is -0.139. The number of benzene rings is 1. The number of pyridine rings is 1. The van der Waals surface area contributed by atoms with Crippen molar-refractivity contribution in [2.24, 2.45) is 0 Å². The van der Waals surface area contributed by atoms with Crippen LogP contribution < -0.4 is 10.6 Å². The minimum Gasteiger partial charge on any atom is -0.379 e. The Labute approximate surface area is 162 Å². The molecule has 8 heteroatoms. The number of rotatable bonds is 6. The quantitative estimate of drug-likeness (QED) is 0.725. The van der Waals surface area contributed by atoms with Crippen LogP contribution in [0.2, 0.25) is 0 Å². The Morgan fingerprint density at radius 3 is 2.50 bits per heavy atom. The molecule has 1 aliphatic rings. The second-order valence-electron chi connectivity index (χ2n) is 6.47. The van der Waals surface area contributed by atoms with Gasteiger partial charge >= 0.3 is 11.8 Å². The summed E-state index contributed by atoms with van der Waals surface area (Å²) in [6.45, 7) is 3.18. The van der Waals surface area contributed by atoms with Crippen molar-refractivity contribution in [1.29, 1.82) is 0 Å². The summed E-state index contributed by atoms with van der Waals surface area (Å²) in [4.78, 5) is 30.6. The van der Waals surface area contributed by atoms with Crippen molar-refractivity contribution < 1.29 is 18.7 Å². The second-order valence-corrected chi connectivity index (χ2v) is 6.47. The van der Waals surface area contributed by atoms with Gasteiger partial charge in [0.25, 0.3) is 0 Å². The first-order chi connectivity index (χ1) is 13.6. The number of nitrogens with one attached hydrogen (secondary N) is 2. The van der Waals surface area contributed by atoms with E-state index in [0.29, 0.717) is 18.8 Å². The Kier molecular flexibility index (Phi) is 7.05. The summed E-state index contributed by atoms with van der Waals surface area (Å²) in [5.74, 6) is -1.78. The summed E-state index contributed by atoms with van der Waals surface area (Å²) in [6, 6.07) is 9.44. The van der Waals surface area contributed by atoms with E-state index in [2.05, 4.69) is 20.5 Å². The zero-order chi connectivity index (χ0) is 19.8. The molecule has 0 radical (unpaired) electrons. The van der Waals surface area contributed by atoms with Gasteiger partial charge in [-0.15, -0.1) is 0 Å². The molecular formula is C20H23FN4O3. The Morgan fingerprint density at radius 2 is 1.82 bits per heavy atom. The number of carbonyl (C=O) groups is 2. The smallest absolute Gasteiger partial charge is 0.309 e. The van der Waals surface area contributed by atoms with Gasteiger partial charge in [0.05, 0.1) is 19.3 Å². The van der Waals surface area contributed by atoms with Crippen LogP contribution in [0, 0.1) is 5.82 Å². The molecule has 2 aromatic rings. The van der Waals surface area contributed by atoms with Crippen molar-refractivity contribution >= 4 is 11.8 Å². The standard InChI is InChI=1S/C20H23FN4O3/c21-17-5-3-15(4-6-17)12-23-19(26)20(27)24-14-18(16-2-1-7-22-13-16)25-8-10-28-11-9-25/h1-7,13,18H,8-12,14H2,(H,23,26)(H,24,27)/t18-/m0/s1. The molecule has 2 amide bonds. The lowest BCUT2D eigenvalue weighted by atomic mass is 10.1. The monoisotopic (exact) mass is 386 g/mol. The number of aromatic nitrogens is 1. The molecule has 0 bridgehead atoms. The molecule has 2 heterocycles. The van der Waals surface area contributed by atoms with Gasteiger partial charge in [-0.2, -0.15) is 0 Å². The van der Waals surface area contributed by atoms with Gasteiger partial charge in [-0.1, -0.05) is 18.2 Å². The highest BCUT2D eigenvalue weighted by Gasteiger charge is 2.24. The minimum atomic E-state index is -0.726. The van der Waals surface area contributed by atoms with E-state index in [4.69, 9.17) is 4.74 Å². The van der Waals surface area contributed by atoms with Gasteiger partial charge in [0.15, 0.2) is 0 Å². The number of nitrogens with zero attached hydrogens (tertiary/aromatic N) is 2. The van der Waals surface area contributed by atoms with Crippen LogP contribution in [0.25, 0.3) is 0 Å². The van der Waals surface area contributed by atoms with Gasteiger partial charge in [0, 0.05) is 38.6 Å². The molecular weight excluding hydrogens is 363 g/mol. The van der Waals surface area contributed by atoms with Crippen LogP contribution in [0.4, 0.5) is 4.39 Å². The average molecular weight is 386 g/mol. The van der Waals surface area contributed by atoms with Crippen LogP contribution >= 0.6 is 0 Å². The predicted molar refractivity (Wildman–Crippen MR) is 101 cm³/mol. The maximum absolute atomic E-state index is 12.9. The van der Waals surface area contributed by atoms with E-state index in [1.54, 1.807) is 24.5 Å². The summed E-state index contributed by atoms with van der Waals surface area (Å²) >= 11 is 0. The fourth-order valence-corrected chi connectivity index (χ4v) is 3.05. The van der Waals surface area contributed by atoms with Gasteiger partial charge in [0.2, 0.25) is 0 Å². The van der Waals surface area contributed by atoms with Crippen molar-refractivity contribution in [3.63, 3.8) is 0 Å². The van der Waals surface area contributed by atoms with Crippen molar-refractivity contribution in [2.75, 3.05) is 32.8 Å². The summed E-state index contributed by atoms with van der Waals surface area (Å²) in [7, 11) is 0. The third-order valence-electron chi connectivity index (χ3n) is 4.58. The van der Waals surface area contributed by atoms with E-state index in [9.17, 15) is 14.0 Å². The maximum atomic E-state index is 12.9. The van der Waals surface area contributed by atoms with Crippen molar-refractivity contribution in [3.05, 3.63) is 65.7 Å². The number of hydrogen-bond donors (Lipinski definition) is 2. The lowest BCUT2D eigenvalue weighted by Gasteiger charge is -2.34. The van der Waals surface area contributed by atoms with Crippen molar-refractivity contribution in [1.82, 2.24) is 20.5 Å². The summed E-state index contributed by atoms with van der Waals surface area (Å²) in [5.41, 5.74) is 1.68. The van der Waals surface area contributed by atoms with E-state index in [1.807, 2.05) is 12.1 Å². The van der Waals surface area contributed by atoms with Gasteiger partial charge in [0.1, 0.15) is 5.82 Å². The molecule has 0 unspecified atom stereocenters. The molecule has 1 aliphatic heterocycles. The normalized spacial score (nSPS) is 15.6. The first kappa shape index (κ1) is 19.9. The first-order valence-electron chi connectivity index (χ1n) is 9.15. The van der Waals surface area contributed by atoms with Crippen molar-refractivity contribution in [2.45, 2.75) is 12.6 Å². The van der Waals surface area contributed by atoms with Crippen LogP contribution in [-0.2, 0) is 20.9 Å². The molecule has 148 valence electrons. The van der Waals surface area contributed by atoms with Crippen LogP contribution in [0.3, 0.4) is 0 Å². The van der Waals surface area contributed by atoms with Gasteiger partial charge in [-0.05, 0) is 29.3 Å². The highest BCUT2D eigenvalue weighted by Crippen LogP contribution is 2.20. The van der Waals surface area contributed by atoms with Crippen molar-refractivity contribution in [3.8, 4) is 0 Å². The highest BCUT2D eigenvalue weighted by atomic mass is 19.1. The second kappa shape index (κ2) is 9.91. The Bertz CT molecular complexity index is 780. The predicted octanol–water partition coefficient (Wildman–Crippen LogP) is 1.03. The molecule has 0 spiro atoms. The summed E-state index contributed by atoms with van der Waals surface area (Å²) < 4.78 is 18.3. The number of ether oxygens (including phenoxy) is 1. The molecule has 3 rings (SSSR count). The molecule has 0 saturated carbocycles. The lowest BCUT2D eigenvalue weighted by Crippen LogP contribution is -2.46. The van der Waals surface area contributed by atoms with E-state index in [-0.39, 0.29) is 24.9 Å². The molecule has 2 N–H and O–H groups in total. The average Bonchev–Trinajstić information content (AvgIpc) is 2.74. The fraction of sp³-hybridized carbons (Fsp3) is 0.350. The Morgan fingerprint density at radius 1 is 1.11 bits per heavy atom. The summed E-state index contributed by atoms with van der Waals surface area (Å²) in [6.07, 6.45) is 3.46. The third kappa shape index (κ3) is 5.58. The zero-order valence-corrected chi connectivity index (χ0v) is 15.4. The molecule has 1 saturated heterocycles. The van der Waals surface area contributed by atoms with Gasteiger partial charge in [-0.25, -0.2) is 4.39 Å². The van der Waals surface area contributed by atoms with Crippen LogP contribution in [0.1, 0.15) is 17.2 Å². The SMILES string of the molecule is O=C(NCc1ccc(F)cc1)C(=O)NC[C@@H](c1cccnc1)N1CCOCC1. The van der Waals surface area contributed by atoms with Gasteiger partial charge < -0.3 is 15.4 Å². The zero-order valence-electron chi connectivity index (χ0n) is 15.4. The maximum Gasteiger partial charge on any atom is 0.309 e. The molecule has 1 fully saturated rings. The number of hydrogen-bond acceptors (Lipinski definition) is 5. The largest absolute Gasteiger partial charge is 0.379 e. The molecule has 7 nitrogen and oxygen atoms in total. The molecule has 1 atom stereocenters. The van der Waals surface area contributed by atoms with Crippen LogP contribution in [-0.4, -0.2) is 54.5 Å². The Balaban J connectivity index is 1.55. The summed E-state index contributed by atoms with van der Waals surface area (Å²) in [5, 5.41) is 5.24. The number of halogens is 1. The van der Waals surface area contributed by atoms with E-state index in [1.165, 1.54) is 12.1 Å². The van der Waals surface area contributed by atoms with E-state index < -0.39 is 11.8 Å². The van der Waals surface area contributed by atoms with Crippen LogP contribution in [0.5, 0.6) is 0 Å². The van der Waals surface area contributed by atoms with Crippen LogP contribution in [0.15, 0.2) is 48.8 Å². The number of carbonyl (C=O) groups excluding carboxylic acids is 2. The van der Waals surface area contributed by atoms with E-state index >= 15 is 0 Å². The molecule has 1 aromatic heterocycles. The minimum absolute atomic E-state index is 0.0913. The Hall–Kier alpha value is -2.84. The third-order valence-corrected chi connectivity index (χ3v) is 4.58. The number of amides is 2. The fourth-order valence-electron chi connectivity index (χ4n) is 3.05. The molecule has 1 aromatic carbocycles. The van der Waals surface area contributed by atoms with Gasteiger partial charge in [-0.3, -0.25) is 19.5 Å². The highest BCUT2D eigenvalue weighted by molar-refractivity contribution is 6.35. The first-order valence-corrected chi connectivity index (χ1v) is 9.15. The molecule has 0 aliphatic carbocycles.